The SMILES string of the molecule is Cc1oc(-c2cccnc2)nc1CC(=O)NCCN(C)C. The molecule has 21 heavy (non-hydrogen) atoms. The minimum absolute atomic E-state index is 0.0500. The van der Waals surface area contributed by atoms with Gasteiger partial charge in [-0.1, -0.05) is 0 Å². The number of oxazole rings is 1. The highest BCUT2D eigenvalue weighted by Crippen LogP contribution is 2.20. The molecule has 1 amide bonds. The Morgan fingerprint density at radius 1 is 1.43 bits per heavy atom. The van der Waals surface area contributed by atoms with Crippen molar-refractivity contribution in [3.63, 3.8) is 0 Å². The Bertz CT molecular complexity index is 593. The smallest absolute Gasteiger partial charge is 0.228 e. The summed E-state index contributed by atoms with van der Waals surface area (Å²) < 4.78 is 5.60. The lowest BCUT2D eigenvalue weighted by atomic mass is 10.2. The highest BCUT2D eigenvalue weighted by Gasteiger charge is 2.14. The molecular weight excluding hydrogens is 268 g/mol. The Kier molecular flexibility index (Phi) is 5.05. The van der Waals surface area contributed by atoms with E-state index in [2.05, 4.69) is 15.3 Å². The molecule has 0 unspecified atom stereocenters. The number of hydrogen-bond acceptors (Lipinski definition) is 5. The highest BCUT2D eigenvalue weighted by molar-refractivity contribution is 5.78. The third kappa shape index (κ3) is 4.39. The minimum atomic E-state index is -0.0500. The van der Waals surface area contributed by atoms with Crippen molar-refractivity contribution >= 4 is 5.91 Å². The summed E-state index contributed by atoms with van der Waals surface area (Å²) in [6.45, 7) is 3.25. The number of hydrogen-bond donors (Lipinski definition) is 1. The normalized spacial score (nSPS) is 10.9. The van der Waals surface area contributed by atoms with Crippen LogP contribution >= 0.6 is 0 Å². The molecule has 0 aliphatic rings. The summed E-state index contributed by atoms with van der Waals surface area (Å²) in [4.78, 5) is 22.3. The second kappa shape index (κ2) is 6.99. The zero-order chi connectivity index (χ0) is 15.2. The molecule has 0 radical (unpaired) electrons. The van der Waals surface area contributed by atoms with E-state index in [0.717, 1.165) is 12.1 Å². The van der Waals surface area contributed by atoms with E-state index in [4.69, 9.17) is 4.42 Å². The number of amides is 1. The Hall–Kier alpha value is -2.21. The summed E-state index contributed by atoms with van der Waals surface area (Å²) >= 11 is 0. The number of carbonyl (C=O) groups excluding carboxylic acids is 1. The van der Waals surface area contributed by atoms with E-state index in [-0.39, 0.29) is 12.3 Å². The van der Waals surface area contributed by atoms with Gasteiger partial charge >= 0.3 is 0 Å². The first-order valence-corrected chi connectivity index (χ1v) is 6.84. The molecule has 2 heterocycles. The predicted octanol–water partition coefficient (Wildman–Crippen LogP) is 1.27. The third-order valence-electron chi connectivity index (χ3n) is 3.01. The number of pyridine rings is 1. The molecule has 6 heteroatoms. The van der Waals surface area contributed by atoms with Gasteiger partial charge in [-0.05, 0) is 33.2 Å². The monoisotopic (exact) mass is 288 g/mol. The van der Waals surface area contributed by atoms with E-state index in [9.17, 15) is 4.79 Å². The molecule has 0 atom stereocenters. The van der Waals surface area contributed by atoms with Gasteiger partial charge in [-0.3, -0.25) is 9.78 Å². The van der Waals surface area contributed by atoms with E-state index in [1.165, 1.54) is 0 Å². The summed E-state index contributed by atoms with van der Waals surface area (Å²) in [5.41, 5.74) is 1.47. The molecule has 0 saturated heterocycles. The van der Waals surface area contributed by atoms with Gasteiger partial charge in [-0.2, -0.15) is 0 Å². The van der Waals surface area contributed by atoms with Crippen LogP contribution in [-0.2, 0) is 11.2 Å². The van der Waals surface area contributed by atoms with Crippen molar-refractivity contribution in [1.82, 2.24) is 20.2 Å². The van der Waals surface area contributed by atoms with Crippen molar-refractivity contribution in [3.8, 4) is 11.5 Å². The van der Waals surface area contributed by atoms with Gasteiger partial charge in [0.1, 0.15) is 5.76 Å². The first-order chi connectivity index (χ1) is 10.1. The number of likely N-dealkylation sites (N-methyl/N-ethyl adjacent to an activating group) is 1. The molecule has 0 saturated carbocycles. The third-order valence-corrected chi connectivity index (χ3v) is 3.01. The molecule has 0 bridgehead atoms. The van der Waals surface area contributed by atoms with Gasteiger partial charge in [0.15, 0.2) is 0 Å². The van der Waals surface area contributed by atoms with Crippen LogP contribution < -0.4 is 5.32 Å². The summed E-state index contributed by atoms with van der Waals surface area (Å²) in [5, 5.41) is 2.86. The quantitative estimate of drug-likeness (QED) is 0.866. The minimum Gasteiger partial charge on any atom is -0.441 e. The molecule has 0 fully saturated rings. The molecule has 6 nitrogen and oxygen atoms in total. The summed E-state index contributed by atoms with van der Waals surface area (Å²) in [7, 11) is 3.93. The van der Waals surface area contributed by atoms with E-state index in [1.54, 1.807) is 12.4 Å². The molecule has 0 aliphatic carbocycles. The summed E-state index contributed by atoms with van der Waals surface area (Å²) in [5.74, 6) is 1.11. The number of aromatic nitrogens is 2. The zero-order valence-corrected chi connectivity index (χ0v) is 12.6. The van der Waals surface area contributed by atoms with E-state index in [1.807, 2.05) is 38.1 Å². The van der Waals surface area contributed by atoms with E-state index < -0.39 is 0 Å². The second-order valence-corrected chi connectivity index (χ2v) is 5.09. The van der Waals surface area contributed by atoms with Crippen LogP contribution in [0.3, 0.4) is 0 Å². The fraction of sp³-hybridized carbons (Fsp3) is 0.400. The number of aryl methyl sites for hydroxylation is 1. The van der Waals surface area contributed by atoms with Crippen LogP contribution in [0.4, 0.5) is 0 Å². The van der Waals surface area contributed by atoms with Crippen molar-refractivity contribution in [2.45, 2.75) is 13.3 Å². The second-order valence-electron chi connectivity index (χ2n) is 5.09. The molecule has 0 aromatic carbocycles. The van der Waals surface area contributed by atoms with Gasteiger partial charge in [0.2, 0.25) is 11.8 Å². The maximum Gasteiger partial charge on any atom is 0.228 e. The van der Waals surface area contributed by atoms with Crippen LogP contribution in [0.25, 0.3) is 11.5 Å². The molecule has 0 spiro atoms. The lowest BCUT2D eigenvalue weighted by molar-refractivity contribution is -0.120. The van der Waals surface area contributed by atoms with Crippen LogP contribution in [0.2, 0.25) is 0 Å². The Labute approximate surface area is 124 Å². The number of nitrogens with zero attached hydrogens (tertiary/aromatic N) is 3. The number of nitrogens with one attached hydrogen (secondary N) is 1. The molecular formula is C15H20N4O2. The average molecular weight is 288 g/mol. The molecule has 1 N–H and O–H groups in total. The number of carbonyl (C=O) groups is 1. The summed E-state index contributed by atoms with van der Waals surface area (Å²) in [6.07, 6.45) is 3.60. The molecule has 2 aromatic rings. The predicted molar refractivity (Wildman–Crippen MR) is 79.7 cm³/mol. The van der Waals surface area contributed by atoms with Gasteiger partial charge in [0.05, 0.1) is 17.7 Å². The van der Waals surface area contributed by atoms with Crippen molar-refractivity contribution in [3.05, 3.63) is 36.0 Å². The molecule has 112 valence electrons. The van der Waals surface area contributed by atoms with Crippen LogP contribution in [0.15, 0.2) is 28.9 Å². The first-order valence-electron chi connectivity index (χ1n) is 6.84. The van der Waals surface area contributed by atoms with Gasteiger partial charge < -0.3 is 14.6 Å². The van der Waals surface area contributed by atoms with E-state index in [0.29, 0.717) is 23.9 Å². The fourth-order valence-electron chi connectivity index (χ4n) is 1.84. The fourth-order valence-corrected chi connectivity index (χ4v) is 1.84. The average Bonchev–Trinajstić information content (AvgIpc) is 2.81. The Morgan fingerprint density at radius 3 is 2.90 bits per heavy atom. The molecule has 2 rings (SSSR count). The topological polar surface area (TPSA) is 71.3 Å². The first kappa shape index (κ1) is 15.2. The van der Waals surface area contributed by atoms with Gasteiger partial charge in [-0.15, -0.1) is 0 Å². The maximum absolute atomic E-state index is 11.9. The lowest BCUT2D eigenvalue weighted by Crippen LogP contribution is -2.32. The lowest BCUT2D eigenvalue weighted by Gasteiger charge is -2.09. The Balaban J connectivity index is 1.98. The van der Waals surface area contributed by atoms with Crippen molar-refractivity contribution < 1.29 is 9.21 Å². The van der Waals surface area contributed by atoms with Crippen molar-refractivity contribution in [1.29, 1.82) is 0 Å². The van der Waals surface area contributed by atoms with Gasteiger partial charge in [0.25, 0.3) is 0 Å². The van der Waals surface area contributed by atoms with Gasteiger partial charge in [0, 0.05) is 25.5 Å². The van der Waals surface area contributed by atoms with Crippen LogP contribution in [-0.4, -0.2) is 48.0 Å². The van der Waals surface area contributed by atoms with Gasteiger partial charge in [-0.25, -0.2) is 4.98 Å². The van der Waals surface area contributed by atoms with E-state index >= 15 is 0 Å². The standard InChI is InChI=1S/C15H20N4O2/c1-11-13(9-14(20)17-7-8-19(2)3)18-15(21-11)12-5-4-6-16-10-12/h4-6,10H,7-9H2,1-3H3,(H,17,20). The Morgan fingerprint density at radius 2 is 2.24 bits per heavy atom. The maximum atomic E-state index is 11.9. The van der Waals surface area contributed by atoms with Crippen LogP contribution in [0, 0.1) is 6.92 Å². The van der Waals surface area contributed by atoms with Crippen LogP contribution in [0.1, 0.15) is 11.5 Å². The zero-order valence-electron chi connectivity index (χ0n) is 12.6. The largest absolute Gasteiger partial charge is 0.441 e. The summed E-state index contributed by atoms with van der Waals surface area (Å²) in [6, 6.07) is 3.70. The van der Waals surface area contributed by atoms with Crippen molar-refractivity contribution in [2.24, 2.45) is 0 Å². The molecule has 2 aromatic heterocycles. The molecule has 0 aliphatic heterocycles. The number of rotatable bonds is 6. The van der Waals surface area contributed by atoms with Crippen molar-refractivity contribution in [2.75, 3.05) is 27.2 Å². The highest BCUT2D eigenvalue weighted by atomic mass is 16.4. The van der Waals surface area contributed by atoms with Crippen LogP contribution in [0.5, 0.6) is 0 Å².